The summed E-state index contributed by atoms with van der Waals surface area (Å²) < 4.78 is 11.2. The third-order valence-electron chi connectivity index (χ3n) is 0.0931. The van der Waals surface area contributed by atoms with E-state index in [9.17, 15) is 4.79 Å². The second-order valence-electron chi connectivity index (χ2n) is 0.459. The molecule has 0 aromatic carbocycles. The topological polar surface area (TPSA) is 43.1 Å². The van der Waals surface area contributed by atoms with Gasteiger partial charge in [-0.15, -0.1) is 0 Å². The van der Waals surface area contributed by atoms with Crippen LogP contribution in [0.15, 0.2) is 0 Å². The van der Waals surface area contributed by atoms with Gasteiger partial charge in [0.2, 0.25) is 5.91 Å². The standard InChI is InChI=1S/C2H4INO/c3-1-2(4)5/h1H2,(H2,4,5)/i1+1D2,2+1. The fourth-order valence-corrected chi connectivity index (χ4v) is 0. The van der Waals surface area contributed by atoms with Crippen LogP contribution in [0.2, 0.25) is 0 Å². The van der Waals surface area contributed by atoms with Gasteiger partial charge < -0.3 is 5.73 Å². The predicted molar refractivity (Wildman–Crippen MR) is 28.1 cm³/mol. The molecule has 0 unspecified atom stereocenters. The Hall–Kier alpha value is 0.200. The summed E-state index contributed by atoms with van der Waals surface area (Å²) in [5, 5.41) is 0. The Labute approximate surface area is 46.7 Å². The number of halogens is 1. The number of primary amides is 1. The summed E-state index contributed by atoms with van der Waals surface area (Å²) >= 11 is 1.33. The number of carbonyl (C=O) groups is 1. The lowest BCUT2D eigenvalue weighted by molar-refractivity contribution is -0.115. The van der Waals surface area contributed by atoms with Gasteiger partial charge >= 0.3 is 0 Å². The van der Waals surface area contributed by atoms with Crippen LogP contribution in [-0.2, 0) is 4.79 Å². The second-order valence-corrected chi connectivity index (χ2v) is 0.998. The zero-order valence-corrected chi connectivity index (χ0v) is 4.52. The van der Waals surface area contributed by atoms with Gasteiger partial charge in [-0.1, -0.05) is 22.6 Å². The van der Waals surface area contributed by atoms with E-state index in [-0.39, 0.29) is 0 Å². The maximum Gasteiger partial charge on any atom is 0.227 e. The molecule has 0 bridgehead atoms. The average molecular weight is 189 g/mol. The third kappa shape index (κ3) is 4.20. The summed E-state index contributed by atoms with van der Waals surface area (Å²) in [6.07, 6.45) is 0. The fraction of sp³-hybridized carbons (Fsp3) is 0.500. The zero-order chi connectivity index (χ0) is 6.08. The number of carbonyl (C=O) groups excluding carboxylic acids is 1. The molecular formula is C2H4INO. The molecule has 0 saturated carbocycles. The van der Waals surface area contributed by atoms with Crippen LogP contribution in [0, 0.1) is 0 Å². The summed E-state index contributed by atoms with van der Waals surface area (Å²) in [7, 11) is 0. The molecule has 0 atom stereocenters. The van der Waals surface area contributed by atoms with Crippen LogP contribution < -0.4 is 5.73 Å². The van der Waals surface area contributed by atoms with E-state index in [0.29, 0.717) is 0 Å². The van der Waals surface area contributed by atoms with E-state index in [1.54, 1.807) is 0 Å². The average Bonchev–Trinajstić information content (AvgIpc) is 1.31. The van der Waals surface area contributed by atoms with Crippen molar-refractivity contribution < 1.29 is 7.54 Å². The van der Waals surface area contributed by atoms with Gasteiger partial charge in [0, 0.05) is 2.74 Å². The number of nitrogens with two attached hydrogens (primary N) is 1. The Balaban J connectivity index is 3.79. The molecule has 0 fully saturated rings. The minimum absolute atomic E-state index is 0.937. The van der Waals surface area contributed by atoms with Crippen LogP contribution in [0.4, 0.5) is 0 Å². The quantitative estimate of drug-likeness (QED) is 0.349. The zero-order valence-electron chi connectivity index (χ0n) is 4.36. The van der Waals surface area contributed by atoms with Crippen molar-refractivity contribution in [2.24, 2.45) is 5.73 Å². The van der Waals surface area contributed by atoms with E-state index in [2.05, 4.69) is 5.73 Å². The first-order valence-electron chi connectivity index (χ1n) is 1.93. The molecule has 3 heteroatoms. The van der Waals surface area contributed by atoms with E-state index >= 15 is 0 Å². The van der Waals surface area contributed by atoms with Gasteiger partial charge in [-0.05, 0) is 0 Å². The van der Waals surface area contributed by atoms with Gasteiger partial charge in [0.25, 0.3) is 0 Å². The monoisotopic (exact) mass is 189 g/mol. The minimum atomic E-state index is -1.89. The molecular weight excluding hydrogens is 183 g/mol. The molecule has 30 valence electrons. The SMILES string of the molecule is [2H][13C]([2H])(I)[13C](N)=O. The molecule has 0 aliphatic carbocycles. The van der Waals surface area contributed by atoms with E-state index < -0.39 is 10.3 Å². The first kappa shape index (κ1) is 2.39. The van der Waals surface area contributed by atoms with Crippen molar-refractivity contribution in [2.45, 2.75) is 0 Å². The van der Waals surface area contributed by atoms with Gasteiger partial charge in [-0.25, -0.2) is 0 Å². The van der Waals surface area contributed by atoms with Gasteiger partial charge in [-0.2, -0.15) is 0 Å². The van der Waals surface area contributed by atoms with E-state index in [1.807, 2.05) is 0 Å². The summed E-state index contributed by atoms with van der Waals surface area (Å²) in [4.78, 5) is 9.86. The van der Waals surface area contributed by atoms with Crippen LogP contribution in [0.25, 0.3) is 0 Å². The Bertz CT molecular complexity index is 88.2. The normalized spacial score (nSPS) is 16.2. The van der Waals surface area contributed by atoms with Crippen LogP contribution in [0.3, 0.4) is 0 Å². The van der Waals surface area contributed by atoms with E-state index in [4.69, 9.17) is 2.74 Å². The number of hydrogen-bond acceptors (Lipinski definition) is 1. The Morgan fingerprint density at radius 2 is 2.60 bits per heavy atom. The summed E-state index contributed by atoms with van der Waals surface area (Å²) in [6.45, 7) is 0. The summed E-state index contributed by atoms with van der Waals surface area (Å²) in [5.41, 5.74) is 4.55. The molecule has 5 heavy (non-hydrogen) atoms. The van der Waals surface area contributed by atoms with Crippen molar-refractivity contribution in [3.05, 3.63) is 0 Å². The van der Waals surface area contributed by atoms with Gasteiger partial charge in [0.15, 0.2) is 0 Å². The molecule has 0 heterocycles. The molecule has 0 radical (unpaired) electrons. The van der Waals surface area contributed by atoms with Crippen LogP contribution in [0.1, 0.15) is 2.74 Å². The smallest absolute Gasteiger partial charge is 0.227 e. The largest absolute Gasteiger partial charge is 0.369 e. The number of hydrogen-bond donors (Lipinski definition) is 1. The van der Waals surface area contributed by atoms with Crippen molar-refractivity contribution in [1.29, 1.82) is 0 Å². The highest BCUT2D eigenvalue weighted by Crippen LogP contribution is 1.72. The Kier molecular flexibility index (Phi) is 1.16. The number of amides is 1. The summed E-state index contributed by atoms with van der Waals surface area (Å²) in [6, 6.07) is 0. The molecule has 2 nitrogen and oxygen atoms in total. The molecule has 0 saturated heterocycles. The van der Waals surface area contributed by atoms with Crippen LogP contribution in [0.5, 0.6) is 0 Å². The van der Waals surface area contributed by atoms with Gasteiger partial charge in [0.05, 0.1) is 4.38 Å². The van der Waals surface area contributed by atoms with Crippen molar-refractivity contribution in [2.75, 3.05) is 4.38 Å². The number of alkyl halides is 1. The molecule has 0 rings (SSSR count). The van der Waals surface area contributed by atoms with Crippen molar-refractivity contribution >= 4 is 28.5 Å². The molecule has 2 N–H and O–H groups in total. The van der Waals surface area contributed by atoms with Crippen molar-refractivity contribution in [3.63, 3.8) is 0 Å². The van der Waals surface area contributed by atoms with Crippen molar-refractivity contribution in [3.8, 4) is 0 Å². The molecule has 0 spiro atoms. The van der Waals surface area contributed by atoms with E-state index in [0.717, 1.165) is 0 Å². The lowest BCUT2D eigenvalue weighted by Gasteiger charge is -1.71. The maximum atomic E-state index is 9.86. The van der Waals surface area contributed by atoms with E-state index in [1.165, 1.54) is 22.6 Å². The molecule has 1 amide bonds. The lowest BCUT2D eigenvalue weighted by atomic mass is 11.7. The fourth-order valence-electron chi connectivity index (χ4n) is 0. The number of rotatable bonds is 1. The molecule has 0 aromatic heterocycles. The third-order valence-corrected chi connectivity index (χ3v) is 0.625. The highest BCUT2D eigenvalue weighted by atomic mass is 127. The van der Waals surface area contributed by atoms with Crippen LogP contribution >= 0.6 is 22.6 Å². The minimum Gasteiger partial charge on any atom is -0.369 e. The Morgan fingerprint density at radius 3 is 2.60 bits per heavy atom. The first-order chi connectivity index (χ1) is 2.94. The molecule has 0 aliphatic heterocycles. The van der Waals surface area contributed by atoms with Gasteiger partial charge in [0.1, 0.15) is 0 Å². The Morgan fingerprint density at radius 1 is 2.40 bits per heavy atom. The van der Waals surface area contributed by atoms with Gasteiger partial charge in [-0.3, -0.25) is 4.79 Å². The maximum absolute atomic E-state index is 9.86. The van der Waals surface area contributed by atoms with Crippen LogP contribution in [-0.4, -0.2) is 10.3 Å². The summed E-state index contributed by atoms with van der Waals surface area (Å²) in [5.74, 6) is -0.937. The molecule has 0 aliphatic rings. The van der Waals surface area contributed by atoms with Crippen molar-refractivity contribution in [1.82, 2.24) is 0 Å². The predicted octanol–water partition coefficient (Wildman–Crippen LogP) is -0.0933. The highest BCUT2D eigenvalue weighted by Gasteiger charge is 1.79. The lowest BCUT2D eigenvalue weighted by Crippen LogP contribution is -2.10. The first-order valence-corrected chi connectivity index (χ1v) is 2.01. The second kappa shape index (κ2) is 2.44. The molecule has 0 aromatic rings. The highest BCUT2D eigenvalue weighted by molar-refractivity contribution is 14.1.